The van der Waals surface area contributed by atoms with E-state index in [1.54, 1.807) is 18.2 Å². The molecule has 6 heteroatoms. The molecule has 1 aromatic rings. The van der Waals surface area contributed by atoms with Gasteiger partial charge in [0.1, 0.15) is 11.9 Å². The summed E-state index contributed by atoms with van der Waals surface area (Å²) in [4.78, 5) is 24.5. The summed E-state index contributed by atoms with van der Waals surface area (Å²) in [5, 5.41) is 9.10. The van der Waals surface area contributed by atoms with Crippen molar-refractivity contribution in [2.45, 2.75) is 6.04 Å². The third-order valence-electron chi connectivity index (χ3n) is 2.98. The van der Waals surface area contributed by atoms with Crippen LogP contribution in [0.15, 0.2) is 30.3 Å². The minimum atomic E-state index is -0.985. The first-order chi connectivity index (χ1) is 9.58. The largest absolute Gasteiger partial charge is 0.480 e. The summed E-state index contributed by atoms with van der Waals surface area (Å²) in [6.45, 7) is 0.425. The van der Waals surface area contributed by atoms with Crippen LogP contribution in [0.3, 0.4) is 0 Å². The number of carbonyl (C=O) groups is 2. The Balaban J connectivity index is 2.06. The summed E-state index contributed by atoms with van der Waals surface area (Å²) >= 11 is 1.53. The first-order valence-corrected chi connectivity index (χ1v) is 7.28. The van der Waals surface area contributed by atoms with Crippen molar-refractivity contribution in [3.63, 3.8) is 0 Å². The highest BCUT2D eigenvalue weighted by atomic mass is 32.2. The maximum atomic E-state index is 12.7. The van der Waals surface area contributed by atoms with Gasteiger partial charge in [0.15, 0.2) is 0 Å². The summed E-state index contributed by atoms with van der Waals surface area (Å²) in [6, 6.07) is 4.95. The monoisotopic (exact) mass is 295 g/mol. The Morgan fingerprint density at radius 3 is 2.70 bits per heavy atom. The third kappa shape index (κ3) is 3.60. The van der Waals surface area contributed by atoms with Gasteiger partial charge in [-0.15, -0.1) is 0 Å². The number of thioether (sulfide) groups is 1. The van der Waals surface area contributed by atoms with E-state index < -0.39 is 12.0 Å². The highest BCUT2D eigenvalue weighted by molar-refractivity contribution is 7.99. The predicted octanol–water partition coefficient (Wildman–Crippen LogP) is 1.87. The molecule has 0 spiro atoms. The molecule has 1 unspecified atom stereocenters. The van der Waals surface area contributed by atoms with E-state index >= 15 is 0 Å². The maximum absolute atomic E-state index is 12.7. The van der Waals surface area contributed by atoms with Crippen LogP contribution in [-0.4, -0.2) is 46.0 Å². The molecule has 0 bridgehead atoms. The van der Waals surface area contributed by atoms with Crippen molar-refractivity contribution >= 4 is 29.7 Å². The van der Waals surface area contributed by atoms with Crippen molar-refractivity contribution in [2.24, 2.45) is 0 Å². The van der Waals surface area contributed by atoms with Gasteiger partial charge in [0.05, 0.1) is 0 Å². The van der Waals surface area contributed by atoms with Crippen LogP contribution in [0.25, 0.3) is 6.08 Å². The molecule has 2 rings (SSSR count). The summed E-state index contributed by atoms with van der Waals surface area (Å²) < 4.78 is 12.7. The number of nitrogens with zero attached hydrogens (tertiary/aromatic N) is 1. The fraction of sp³-hybridized carbons (Fsp3) is 0.286. The number of benzene rings is 1. The maximum Gasteiger partial charge on any atom is 0.327 e. The molecule has 106 valence electrons. The Hall–Kier alpha value is -1.82. The summed E-state index contributed by atoms with van der Waals surface area (Å²) in [6.07, 6.45) is 2.89. The predicted molar refractivity (Wildman–Crippen MR) is 75.9 cm³/mol. The van der Waals surface area contributed by atoms with Crippen LogP contribution < -0.4 is 0 Å². The lowest BCUT2D eigenvalue weighted by Crippen LogP contribution is -2.49. The lowest BCUT2D eigenvalue weighted by atomic mass is 10.2. The fourth-order valence-electron chi connectivity index (χ4n) is 1.91. The van der Waals surface area contributed by atoms with Crippen molar-refractivity contribution in [3.05, 3.63) is 41.7 Å². The third-order valence-corrected chi connectivity index (χ3v) is 4.01. The highest BCUT2D eigenvalue weighted by Crippen LogP contribution is 2.17. The van der Waals surface area contributed by atoms with Crippen LogP contribution in [-0.2, 0) is 9.59 Å². The molecule has 0 aliphatic carbocycles. The SMILES string of the molecule is O=C(O)C1CSCCN1C(=O)/C=C/c1ccc(F)cc1. The molecule has 0 saturated carbocycles. The van der Waals surface area contributed by atoms with Gasteiger partial charge < -0.3 is 10.0 Å². The summed E-state index contributed by atoms with van der Waals surface area (Å²) in [5.41, 5.74) is 0.693. The van der Waals surface area contributed by atoms with Crippen LogP contribution in [0.1, 0.15) is 5.56 Å². The second-order valence-corrected chi connectivity index (χ2v) is 5.50. The van der Waals surface area contributed by atoms with E-state index in [0.717, 1.165) is 5.75 Å². The van der Waals surface area contributed by atoms with E-state index in [-0.39, 0.29) is 11.7 Å². The first kappa shape index (κ1) is 14.6. The lowest BCUT2D eigenvalue weighted by Gasteiger charge is -2.31. The molecule has 4 nitrogen and oxygen atoms in total. The normalized spacial score (nSPS) is 19.2. The van der Waals surface area contributed by atoms with Crippen LogP contribution >= 0.6 is 11.8 Å². The molecule has 1 aromatic carbocycles. The van der Waals surface area contributed by atoms with E-state index in [0.29, 0.717) is 17.9 Å². The summed E-state index contributed by atoms with van der Waals surface area (Å²) in [5.74, 6) is -0.513. The molecule has 1 fully saturated rings. The average Bonchev–Trinajstić information content (AvgIpc) is 2.46. The molecule has 1 aliphatic rings. The molecular weight excluding hydrogens is 281 g/mol. The summed E-state index contributed by atoms with van der Waals surface area (Å²) in [7, 11) is 0. The molecule has 0 aromatic heterocycles. The van der Waals surface area contributed by atoms with Gasteiger partial charge in [-0.25, -0.2) is 9.18 Å². The quantitative estimate of drug-likeness (QED) is 0.865. The van der Waals surface area contributed by atoms with Crippen molar-refractivity contribution in [1.29, 1.82) is 0 Å². The van der Waals surface area contributed by atoms with Gasteiger partial charge in [-0.05, 0) is 23.8 Å². The number of carboxylic acid groups (broad SMARTS) is 1. The minimum absolute atomic E-state index is 0.331. The standard InChI is InChI=1S/C14H14FNO3S/c15-11-4-1-10(2-5-11)3-6-13(17)16-7-8-20-9-12(16)14(18)19/h1-6,12H,7-9H2,(H,18,19)/b6-3+. The zero-order valence-electron chi connectivity index (χ0n) is 10.7. The molecule has 1 saturated heterocycles. The molecule has 20 heavy (non-hydrogen) atoms. The number of rotatable bonds is 3. The zero-order chi connectivity index (χ0) is 14.5. The van der Waals surface area contributed by atoms with Gasteiger partial charge in [0.2, 0.25) is 5.91 Å². The number of halogens is 1. The Bertz CT molecular complexity index is 530. The van der Waals surface area contributed by atoms with Gasteiger partial charge in [-0.1, -0.05) is 12.1 Å². The number of hydrogen-bond donors (Lipinski definition) is 1. The second kappa shape index (κ2) is 6.56. The van der Waals surface area contributed by atoms with Gasteiger partial charge >= 0.3 is 5.97 Å². The van der Waals surface area contributed by atoms with E-state index in [2.05, 4.69) is 0 Å². The minimum Gasteiger partial charge on any atom is -0.480 e. The van der Waals surface area contributed by atoms with Crippen molar-refractivity contribution < 1.29 is 19.1 Å². The molecule has 1 aliphatic heterocycles. The van der Waals surface area contributed by atoms with Gasteiger partial charge in [0, 0.05) is 24.1 Å². The smallest absolute Gasteiger partial charge is 0.327 e. The number of aliphatic carboxylic acids is 1. The second-order valence-electron chi connectivity index (χ2n) is 4.35. The lowest BCUT2D eigenvalue weighted by molar-refractivity contribution is -0.147. The topological polar surface area (TPSA) is 57.6 Å². The number of carbonyl (C=O) groups excluding carboxylic acids is 1. The van der Waals surface area contributed by atoms with E-state index in [4.69, 9.17) is 5.11 Å². The van der Waals surface area contributed by atoms with Crippen molar-refractivity contribution in [1.82, 2.24) is 4.90 Å². The van der Waals surface area contributed by atoms with E-state index in [1.807, 2.05) is 0 Å². The molecule has 1 N–H and O–H groups in total. The van der Waals surface area contributed by atoms with Gasteiger partial charge in [0.25, 0.3) is 0 Å². The average molecular weight is 295 g/mol. The first-order valence-electron chi connectivity index (χ1n) is 6.13. The van der Waals surface area contributed by atoms with Crippen LogP contribution in [0, 0.1) is 5.82 Å². The van der Waals surface area contributed by atoms with E-state index in [1.165, 1.54) is 34.9 Å². The Morgan fingerprint density at radius 1 is 1.35 bits per heavy atom. The molecule has 0 radical (unpaired) electrons. The Kier molecular flexibility index (Phi) is 4.79. The fourth-order valence-corrected chi connectivity index (χ4v) is 2.95. The molecular formula is C14H14FNO3S. The van der Waals surface area contributed by atoms with Crippen molar-refractivity contribution in [2.75, 3.05) is 18.1 Å². The number of carboxylic acids is 1. The highest BCUT2D eigenvalue weighted by Gasteiger charge is 2.31. The van der Waals surface area contributed by atoms with Crippen LogP contribution in [0.2, 0.25) is 0 Å². The Labute approximate surface area is 120 Å². The molecule has 1 atom stereocenters. The van der Waals surface area contributed by atoms with Crippen molar-refractivity contribution in [3.8, 4) is 0 Å². The number of amides is 1. The van der Waals surface area contributed by atoms with E-state index in [9.17, 15) is 14.0 Å². The zero-order valence-corrected chi connectivity index (χ0v) is 11.5. The molecule has 1 amide bonds. The van der Waals surface area contributed by atoms with Crippen LogP contribution in [0.4, 0.5) is 4.39 Å². The Morgan fingerprint density at radius 2 is 2.05 bits per heavy atom. The van der Waals surface area contributed by atoms with Gasteiger partial charge in [-0.2, -0.15) is 11.8 Å². The van der Waals surface area contributed by atoms with Crippen LogP contribution in [0.5, 0.6) is 0 Å². The molecule has 1 heterocycles. The number of hydrogen-bond acceptors (Lipinski definition) is 3. The van der Waals surface area contributed by atoms with Gasteiger partial charge in [-0.3, -0.25) is 4.79 Å².